The first-order valence-corrected chi connectivity index (χ1v) is 8.40. The van der Waals surface area contributed by atoms with Crippen molar-refractivity contribution in [3.8, 4) is 5.75 Å². The molecule has 0 fully saturated rings. The lowest BCUT2D eigenvalue weighted by atomic mass is 9.96. The maximum absolute atomic E-state index is 12.0. The van der Waals surface area contributed by atoms with Crippen molar-refractivity contribution in [2.75, 3.05) is 19.0 Å². The van der Waals surface area contributed by atoms with Crippen molar-refractivity contribution in [3.63, 3.8) is 0 Å². The van der Waals surface area contributed by atoms with E-state index in [1.165, 1.54) is 0 Å². The minimum absolute atomic E-state index is 0.0895. The number of halogens is 2. The predicted molar refractivity (Wildman–Crippen MR) is 101 cm³/mol. The number of anilines is 1. The van der Waals surface area contributed by atoms with Crippen LogP contribution in [0.25, 0.3) is 0 Å². The molecule has 2 rings (SSSR count). The minimum Gasteiger partial charge on any atom is -0.497 e. The molecular formula is C18H20Cl2N2O3. The normalized spacial score (nSPS) is 13.0. The Labute approximate surface area is 156 Å². The first-order valence-electron chi connectivity index (χ1n) is 7.64. The third kappa shape index (κ3) is 6.12. The molecule has 0 heterocycles. The number of ether oxygens (including phenoxy) is 1. The first-order chi connectivity index (χ1) is 11.8. The topological polar surface area (TPSA) is 70.6 Å². The van der Waals surface area contributed by atoms with Crippen LogP contribution in [-0.2, 0) is 6.42 Å². The van der Waals surface area contributed by atoms with Crippen molar-refractivity contribution in [3.05, 3.63) is 58.1 Å². The Morgan fingerprint density at radius 1 is 1.16 bits per heavy atom. The molecule has 0 bridgehead atoms. The molecule has 25 heavy (non-hydrogen) atoms. The van der Waals surface area contributed by atoms with E-state index in [1.807, 2.05) is 24.3 Å². The summed E-state index contributed by atoms with van der Waals surface area (Å²) < 4.78 is 5.11. The molecule has 0 radical (unpaired) electrons. The maximum atomic E-state index is 12.0. The number of methoxy groups -OCH3 is 1. The van der Waals surface area contributed by atoms with Gasteiger partial charge < -0.3 is 20.5 Å². The average molecular weight is 383 g/mol. The van der Waals surface area contributed by atoms with E-state index in [9.17, 15) is 9.90 Å². The minimum atomic E-state index is -1.09. The second-order valence-corrected chi connectivity index (χ2v) is 6.77. The summed E-state index contributed by atoms with van der Waals surface area (Å²) in [5, 5.41) is 16.5. The van der Waals surface area contributed by atoms with Crippen molar-refractivity contribution < 1.29 is 14.6 Å². The van der Waals surface area contributed by atoms with E-state index in [0.717, 1.165) is 11.3 Å². The van der Waals surface area contributed by atoms with Gasteiger partial charge in [-0.15, -0.1) is 0 Å². The summed E-state index contributed by atoms with van der Waals surface area (Å²) >= 11 is 11.7. The summed E-state index contributed by atoms with van der Waals surface area (Å²) in [5.74, 6) is 0.752. The molecule has 0 saturated carbocycles. The first kappa shape index (κ1) is 19.4. The molecular weight excluding hydrogens is 363 g/mol. The zero-order chi connectivity index (χ0) is 18.4. The summed E-state index contributed by atoms with van der Waals surface area (Å²) in [6, 6.07) is 11.8. The Morgan fingerprint density at radius 2 is 1.84 bits per heavy atom. The van der Waals surface area contributed by atoms with Gasteiger partial charge in [-0.1, -0.05) is 35.3 Å². The van der Waals surface area contributed by atoms with Gasteiger partial charge in [-0.3, -0.25) is 0 Å². The van der Waals surface area contributed by atoms with Crippen LogP contribution in [0.2, 0.25) is 10.0 Å². The van der Waals surface area contributed by atoms with Crippen molar-refractivity contribution in [2.24, 2.45) is 0 Å². The highest BCUT2D eigenvalue weighted by Gasteiger charge is 2.22. The lowest BCUT2D eigenvalue weighted by molar-refractivity contribution is 0.0629. The fraction of sp³-hybridized carbons (Fsp3) is 0.278. The molecule has 2 aromatic rings. The van der Waals surface area contributed by atoms with Crippen LogP contribution < -0.4 is 15.4 Å². The Hall–Kier alpha value is -1.95. The number of nitrogens with one attached hydrogen (secondary N) is 2. The molecule has 5 nitrogen and oxygen atoms in total. The van der Waals surface area contributed by atoms with Gasteiger partial charge in [-0.25, -0.2) is 4.79 Å². The monoisotopic (exact) mass is 382 g/mol. The quantitative estimate of drug-likeness (QED) is 0.703. The van der Waals surface area contributed by atoms with Crippen LogP contribution in [0.15, 0.2) is 42.5 Å². The number of carbonyl (C=O) groups excluding carboxylic acids is 1. The van der Waals surface area contributed by atoms with Crippen molar-refractivity contribution in [2.45, 2.75) is 18.9 Å². The van der Waals surface area contributed by atoms with Gasteiger partial charge in [0.2, 0.25) is 0 Å². The molecule has 1 atom stereocenters. The van der Waals surface area contributed by atoms with Crippen molar-refractivity contribution >= 4 is 34.9 Å². The zero-order valence-corrected chi connectivity index (χ0v) is 15.5. The zero-order valence-electron chi connectivity index (χ0n) is 14.0. The van der Waals surface area contributed by atoms with E-state index >= 15 is 0 Å². The molecule has 0 aliphatic carbocycles. The van der Waals surface area contributed by atoms with Gasteiger partial charge in [0.1, 0.15) is 5.75 Å². The molecule has 2 aromatic carbocycles. The largest absolute Gasteiger partial charge is 0.497 e. The van der Waals surface area contributed by atoms with Crippen LogP contribution >= 0.6 is 23.2 Å². The van der Waals surface area contributed by atoms with Gasteiger partial charge in [0.05, 0.1) is 22.8 Å². The Bertz CT molecular complexity index is 734. The summed E-state index contributed by atoms with van der Waals surface area (Å²) in [6.07, 6.45) is 0.393. The molecule has 2 amide bonds. The van der Waals surface area contributed by atoms with Crippen LogP contribution in [0.3, 0.4) is 0 Å². The van der Waals surface area contributed by atoms with Gasteiger partial charge in [0.15, 0.2) is 0 Å². The van der Waals surface area contributed by atoms with E-state index < -0.39 is 11.6 Å². The van der Waals surface area contributed by atoms with Gasteiger partial charge in [-0.2, -0.15) is 0 Å². The summed E-state index contributed by atoms with van der Waals surface area (Å²) in [7, 11) is 1.60. The molecule has 0 saturated heterocycles. The number of carbonyl (C=O) groups is 1. The number of benzene rings is 2. The average Bonchev–Trinajstić information content (AvgIpc) is 2.57. The highest BCUT2D eigenvalue weighted by Crippen LogP contribution is 2.25. The highest BCUT2D eigenvalue weighted by atomic mass is 35.5. The fourth-order valence-corrected chi connectivity index (χ4v) is 2.56. The SMILES string of the molecule is COc1ccc(CC(C)(O)CNC(=O)Nc2ccc(Cl)c(Cl)c2)cc1. The standard InChI is InChI=1S/C18H20Cl2N2O3/c1-18(24,10-12-3-6-14(25-2)7-4-12)11-21-17(23)22-13-5-8-15(19)16(20)9-13/h3-9,24H,10-11H2,1-2H3,(H2,21,22,23). The Morgan fingerprint density at radius 3 is 2.44 bits per heavy atom. The Kier molecular flexibility index (Phi) is 6.53. The number of hydrogen-bond donors (Lipinski definition) is 3. The van der Waals surface area contributed by atoms with Gasteiger partial charge in [-0.05, 0) is 42.8 Å². The molecule has 7 heteroatoms. The molecule has 134 valence electrons. The van der Waals surface area contributed by atoms with Crippen LogP contribution in [0.5, 0.6) is 5.75 Å². The third-order valence-electron chi connectivity index (χ3n) is 3.55. The van der Waals surface area contributed by atoms with Gasteiger partial charge in [0.25, 0.3) is 0 Å². The van der Waals surface area contributed by atoms with Crippen LogP contribution in [0, 0.1) is 0 Å². The number of hydrogen-bond acceptors (Lipinski definition) is 3. The fourth-order valence-electron chi connectivity index (χ4n) is 2.27. The highest BCUT2D eigenvalue weighted by molar-refractivity contribution is 6.42. The van der Waals surface area contributed by atoms with E-state index in [1.54, 1.807) is 32.2 Å². The number of rotatable bonds is 6. The molecule has 3 N–H and O–H groups in total. The second-order valence-electron chi connectivity index (χ2n) is 5.96. The number of aliphatic hydroxyl groups is 1. The predicted octanol–water partition coefficient (Wildman–Crippen LogP) is 4.12. The van der Waals surface area contributed by atoms with Gasteiger partial charge in [0, 0.05) is 18.7 Å². The van der Waals surface area contributed by atoms with Crippen molar-refractivity contribution in [1.29, 1.82) is 0 Å². The van der Waals surface area contributed by atoms with E-state index in [2.05, 4.69) is 10.6 Å². The number of amides is 2. The molecule has 0 aliphatic rings. The van der Waals surface area contributed by atoms with E-state index in [0.29, 0.717) is 22.2 Å². The second kappa shape index (κ2) is 8.43. The molecule has 0 spiro atoms. The number of urea groups is 1. The molecule has 1 unspecified atom stereocenters. The maximum Gasteiger partial charge on any atom is 0.319 e. The smallest absolute Gasteiger partial charge is 0.319 e. The van der Waals surface area contributed by atoms with Crippen molar-refractivity contribution in [1.82, 2.24) is 5.32 Å². The summed E-state index contributed by atoms with van der Waals surface area (Å²) in [4.78, 5) is 12.0. The molecule has 0 aliphatic heterocycles. The Balaban J connectivity index is 1.87. The third-order valence-corrected chi connectivity index (χ3v) is 4.29. The molecule has 0 aromatic heterocycles. The summed E-state index contributed by atoms with van der Waals surface area (Å²) in [5.41, 5.74) is 0.364. The lowest BCUT2D eigenvalue weighted by Crippen LogP contribution is -2.43. The van der Waals surface area contributed by atoms with Crippen LogP contribution in [0.4, 0.5) is 10.5 Å². The van der Waals surface area contributed by atoms with E-state index in [4.69, 9.17) is 27.9 Å². The van der Waals surface area contributed by atoms with E-state index in [-0.39, 0.29) is 6.54 Å². The lowest BCUT2D eigenvalue weighted by Gasteiger charge is -2.24. The van der Waals surface area contributed by atoms with Crippen LogP contribution in [-0.4, -0.2) is 30.4 Å². The summed E-state index contributed by atoms with van der Waals surface area (Å²) in [6.45, 7) is 1.75. The van der Waals surface area contributed by atoms with Gasteiger partial charge >= 0.3 is 6.03 Å². The van der Waals surface area contributed by atoms with Crippen LogP contribution in [0.1, 0.15) is 12.5 Å².